The quantitative estimate of drug-likeness (QED) is 0.725. The Morgan fingerprint density at radius 3 is 2.59 bits per heavy atom. The summed E-state index contributed by atoms with van der Waals surface area (Å²) in [5.41, 5.74) is 0. The zero-order valence-electron chi connectivity index (χ0n) is 10.9. The van der Waals surface area contributed by atoms with Gasteiger partial charge in [-0.3, -0.25) is 0 Å². The van der Waals surface area contributed by atoms with Crippen LogP contribution in [0.3, 0.4) is 0 Å². The Labute approximate surface area is 104 Å². The highest BCUT2D eigenvalue weighted by atomic mass is 16.6. The van der Waals surface area contributed by atoms with Gasteiger partial charge < -0.3 is 19.1 Å². The van der Waals surface area contributed by atoms with Crippen LogP contribution in [-0.2, 0) is 14.2 Å². The second kappa shape index (κ2) is 7.31. The second-order valence-electron chi connectivity index (χ2n) is 5.17. The molecular weight excluding hydrogens is 218 g/mol. The van der Waals surface area contributed by atoms with E-state index in [1.807, 2.05) is 0 Å². The molecule has 2 aliphatic heterocycles. The standard InChI is InChI=1S/C13H25NO3/c1-14(10-12-3-6-15-7-4-12)5-2-13-11-16-8-9-17-13/h12-13H,2-11H2,1H3. The van der Waals surface area contributed by atoms with Crippen LogP contribution in [0.5, 0.6) is 0 Å². The van der Waals surface area contributed by atoms with Crippen molar-refractivity contribution >= 4 is 0 Å². The highest BCUT2D eigenvalue weighted by Crippen LogP contribution is 2.16. The normalized spacial score (nSPS) is 27.5. The molecule has 1 unspecified atom stereocenters. The van der Waals surface area contributed by atoms with Crippen molar-refractivity contribution in [2.75, 3.05) is 53.2 Å². The third-order valence-electron chi connectivity index (χ3n) is 3.63. The minimum absolute atomic E-state index is 0.306. The molecule has 2 heterocycles. The smallest absolute Gasteiger partial charge is 0.0821 e. The van der Waals surface area contributed by atoms with Gasteiger partial charge in [-0.2, -0.15) is 0 Å². The van der Waals surface area contributed by atoms with Crippen LogP contribution >= 0.6 is 0 Å². The molecule has 2 aliphatic rings. The first kappa shape index (κ1) is 13.3. The van der Waals surface area contributed by atoms with Crippen molar-refractivity contribution in [3.63, 3.8) is 0 Å². The van der Waals surface area contributed by atoms with Crippen LogP contribution in [0.1, 0.15) is 19.3 Å². The molecule has 4 heteroatoms. The van der Waals surface area contributed by atoms with Gasteiger partial charge in [0, 0.05) is 26.3 Å². The summed E-state index contributed by atoms with van der Waals surface area (Å²) in [5.74, 6) is 0.817. The monoisotopic (exact) mass is 243 g/mol. The Kier molecular flexibility index (Phi) is 5.71. The summed E-state index contributed by atoms with van der Waals surface area (Å²) in [6.45, 7) is 6.46. The Morgan fingerprint density at radius 2 is 1.88 bits per heavy atom. The zero-order valence-corrected chi connectivity index (χ0v) is 10.9. The number of rotatable bonds is 5. The maximum atomic E-state index is 5.65. The number of ether oxygens (including phenoxy) is 3. The minimum atomic E-state index is 0.306. The largest absolute Gasteiger partial charge is 0.381 e. The summed E-state index contributed by atoms with van der Waals surface area (Å²) in [6, 6.07) is 0. The summed E-state index contributed by atoms with van der Waals surface area (Å²) < 4.78 is 16.4. The van der Waals surface area contributed by atoms with E-state index in [4.69, 9.17) is 14.2 Å². The van der Waals surface area contributed by atoms with Gasteiger partial charge in [0.05, 0.1) is 25.9 Å². The van der Waals surface area contributed by atoms with Crippen LogP contribution in [0, 0.1) is 5.92 Å². The van der Waals surface area contributed by atoms with Crippen molar-refractivity contribution in [3.05, 3.63) is 0 Å². The zero-order chi connectivity index (χ0) is 11.9. The third kappa shape index (κ3) is 4.92. The van der Waals surface area contributed by atoms with E-state index in [1.165, 1.54) is 19.4 Å². The van der Waals surface area contributed by atoms with Gasteiger partial charge in [-0.15, -0.1) is 0 Å². The summed E-state index contributed by atoms with van der Waals surface area (Å²) in [5, 5.41) is 0. The Hall–Kier alpha value is -0.160. The average Bonchev–Trinajstić information content (AvgIpc) is 2.39. The fourth-order valence-electron chi connectivity index (χ4n) is 2.53. The van der Waals surface area contributed by atoms with Gasteiger partial charge in [-0.05, 0) is 32.2 Å². The lowest BCUT2D eigenvalue weighted by atomic mass is 10.00. The first-order valence-electron chi connectivity index (χ1n) is 6.80. The van der Waals surface area contributed by atoms with E-state index >= 15 is 0 Å². The Morgan fingerprint density at radius 1 is 1.06 bits per heavy atom. The predicted octanol–water partition coefficient (Wildman–Crippen LogP) is 1.15. The lowest BCUT2D eigenvalue weighted by molar-refractivity contribution is -0.0926. The molecule has 1 atom stereocenters. The van der Waals surface area contributed by atoms with Gasteiger partial charge in [-0.25, -0.2) is 0 Å². The van der Waals surface area contributed by atoms with Crippen LogP contribution in [0.15, 0.2) is 0 Å². The number of hydrogen-bond acceptors (Lipinski definition) is 4. The van der Waals surface area contributed by atoms with E-state index in [0.29, 0.717) is 6.10 Å². The summed E-state index contributed by atoms with van der Waals surface area (Å²) >= 11 is 0. The maximum absolute atomic E-state index is 5.65. The fraction of sp³-hybridized carbons (Fsp3) is 1.00. The van der Waals surface area contributed by atoms with Crippen LogP contribution < -0.4 is 0 Å². The molecular formula is C13H25NO3. The van der Waals surface area contributed by atoms with E-state index in [-0.39, 0.29) is 0 Å². The van der Waals surface area contributed by atoms with E-state index < -0.39 is 0 Å². The highest BCUT2D eigenvalue weighted by molar-refractivity contribution is 4.69. The molecule has 0 saturated carbocycles. The molecule has 0 spiro atoms. The highest BCUT2D eigenvalue weighted by Gasteiger charge is 2.18. The van der Waals surface area contributed by atoms with Crippen LogP contribution in [0.2, 0.25) is 0 Å². The van der Waals surface area contributed by atoms with Crippen LogP contribution in [0.25, 0.3) is 0 Å². The number of hydrogen-bond donors (Lipinski definition) is 0. The lowest BCUT2D eigenvalue weighted by Crippen LogP contribution is -2.35. The van der Waals surface area contributed by atoms with E-state index in [0.717, 1.165) is 51.9 Å². The van der Waals surface area contributed by atoms with E-state index in [1.54, 1.807) is 0 Å². The van der Waals surface area contributed by atoms with Crippen LogP contribution in [-0.4, -0.2) is 64.2 Å². The van der Waals surface area contributed by atoms with Gasteiger partial charge in [0.2, 0.25) is 0 Å². The Bertz CT molecular complexity index is 201. The molecule has 2 rings (SSSR count). The fourth-order valence-corrected chi connectivity index (χ4v) is 2.53. The first-order chi connectivity index (χ1) is 8.34. The van der Waals surface area contributed by atoms with Crippen molar-refractivity contribution < 1.29 is 14.2 Å². The topological polar surface area (TPSA) is 30.9 Å². The van der Waals surface area contributed by atoms with Gasteiger partial charge in [0.1, 0.15) is 0 Å². The molecule has 0 N–H and O–H groups in total. The van der Waals surface area contributed by atoms with Crippen molar-refractivity contribution in [1.29, 1.82) is 0 Å². The second-order valence-corrected chi connectivity index (χ2v) is 5.17. The molecule has 17 heavy (non-hydrogen) atoms. The predicted molar refractivity (Wildman–Crippen MR) is 66.2 cm³/mol. The van der Waals surface area contributed by atoms with Crippen molar-refractivity contribution in [2.45, 2.75) is 25.4 Å². The summed E-state index contributed by atoms with van der Waals surface area (Å²) in [4.78, 5) is 2.42. The van der Waals surface area contributed by atoms with Gasteiger partial charge in [0.25, 0.3) is 0 Å². The van der Waals surface area contributed by atoms with Crippen molar-refractivity contribution in [1.82, 2.24) is 4.90 Å². The van der Waals surface area contributed by atoms with Crippen molar-refractivity contribution in [3.8, 4) is 0 Å². The molecule has 100 valence electrons. The van der Waals surface area contributed by atoms with Crippen LogP contribution in [0.4, 0.5) is 0 Å². The Balaban J connectivity index is 1.57. The summed E-state index contributed by atoms with van der Waals surface area (Å²) in [7, 11) is 2.21. The molecule has 0 bridgehead atoms. The maximum Gasteiger partial charge on any atom is 0.0821 e. The SMILES string of the molecule is CN(CCC1COCCO1)CC1CCOCC1. The van der Waals surface area contributed by atoms with Gasteiger partial charge in [0.15, 0.2) is 0 Å². The van der Waals surface area contributed by atoms with Gasteiger partial charge in [-0.1, -0.05) is 0 Å². The number of nitrogens with zero attached hydrogens (tertiary/aromatic N) is 1. The molecule has 2 saturated heterocycles. The molecule has 0 aromatic carbocycles. The molecule has 4 nitrogen and oxygen atoms in total. The van der Waals surface area contributed by atoms with E-state index in [2.05, 4.69) is 11.9 Å². The average molecular weight is 243 g/mol. The molecule has 0 aromatic rings. The van der Waals surface area contributed by atoms with Gasteiger partial charge >= 0.3 is 0 Å². The molecule has 2 fully saturated rings. The molecule has 0 aliphatic carbocycles. The summed E-state index contributed by atoms with van der Waals surface area (Å²) in [6.07, 6.45) is 3.82. The molecule has 0 amide bonds. The van der Waals surface area contributed by atoms with E-state index in [9.17, 15) is 0 Å². The molecule has 0 aromatic heterocycles. The molecule has 0 radical (unpaired) electrons. The third-order valence-corrected chi connectivity index (χ3v) is 3.63. The minimum Gasteiger partial charge on any atom is -0.381 e. The lowest BCUT2D eigenvalue weighted by Gasteiger charge is -2.29. The van der Waals surface area contributed by atoms with Crippen molar-refractivity contribution in [2.24, 2.45) is 5.92 Å². The first-order valence-corrected chi connectivity index (χ1v) is 6.80.